The van der Waals surface area contributed by atoms with Crippen LogP contribution in [0, 0.1) is 0 Å². The van der Waals surface area contributed by atoms with Crippen LogP contribution in [0.25, 0.3) is 11.0 Å². The highest BCUT2D eigenvalue weighted by Gasteiger charge is 2.13. The lowest BCUT2D eigenvalue weighted by molar-refractivity contribution is 0.0951. The number of halogens is 1. The van der Waals surface area contributed by atoms with Crippen molar-refractivity contribution in [2.45, 2.75) is 25.8 Å². The molecule has 0 radical (unpaired) electrons. The van der Waals surface area contributed by atoms with E-state index in [1.54, 1.807) is 19.2 Å². The molecular formula is C27H28ClN3O3. The summed E-state index contributed by atoms with van der Waals surface area (Å²) in [6, 6.07) is 22.7. The summed E-state index contributed by atoms with van der Waals surface area (Å²) in [6.07, 6.45) is 2.50. The second kappa shape index (κ2) is 11.6. The average molecular weight is 478 g/mol. The first kappa shape index (κ1) is 23.6. The lowest BCUT2D eigenvalue weighted by atomic mass is 10.2. The minimum atomic E-state index is -0.153. The van der Waals surface area contributed by atoms with Crippen molar-refractivity contribution in [1.29, 1.82) is 0 Å². The number of rotatable bonds is 11. The summed E-state index contributed by atoms with van der Waals surface area (Å²) in [5, 5.41) is 3.69. The fourth-order valence-electron chi connectivity index (χ4n) is 3.87. The van der Waals surface area contributed by atoms with Gasteiger partial charge in [0.05, 0.1) is 30.3 Å². The molecule has 1 N–H and O–H groups in total. The van der Waals surface area contributed by atoms with E-state index in [9.17, 15) is 4.79 Å². The molecule has 0 aliphatic carbocycles. The Bertz CT molecular complexity index is 1240. The van der Waals surface area contributed by atoms with Gasteiger partial charge < -0.3 is 19.4 Å². The zero-order valence-electron chi connectivity index (χ0n) is 19.2. The Morgan fingerprint density at radius 3 is 2.59 bits per heavy atom. The number of methoxy groups -OCH3 is 1. The standard InChI is InChI=1S/C27H28ClN3O3/c1-33-25-11-5-2-8-22(25)27(32)29-17-16-26-30-23-9-3-4-10-24(23)31(26)18-6-7-19-34-21-14-12-20(28)13-15-21/h2-5,8-15H,6-7,16-19H2,1H3,(H,29,32). The van der Waals surface area contributed by atoms with Gasteiger partial charge in [-0.3, -0.25) is 4.79 Å². The minimum absolute atomic E-state index is 0.153. The second-order valence-corrected chi connectivity index (χ2v) is 8.32. The third kappa shape index (κ3) is 5.88. The average Bonchev–Trinajstić information content (AvgIpc) is 3.22. The molecule has 0 saturated carbocycles. The lowest BCUT2D eigenvalue weighted by Crippen LogP contribution is -2.27. The number of nitrogens with one attached hydrogen (secondary N) is 1. The predicted molar refractivity (Wildman–Crippen MR) is 135 cm³/mol. The van der Waals surface area contributed by atoms with E-state index in [1.807, 2.05) is 54.6 Å². The molecule has 0 saturated heterocycles. The number of nitrogens with zero attached hydrogens (tertiary/aromatic N) is 2. The van der Waals surface area contributed by atoms with Crippen molar-refractivity contribution in [3.8, 4) is 11.5 Å². The third-order valence-electron chi connectivity index (χ3n) is 5.58. The molecule has 6 nitrogen and oxygen atoms in total. The lowest BCUT2D eigenvalue weighted by Gasteiger charge is -2.11. The van der Waals surface area contributed by atoms with Crippen molar-refractivity contribution >= 4 is 28.5 Å². The molecule has 0 atom stereocenters. The summed E-state index contributed by atoms with van der Waals surface area (Å²) >= 11 is 5.92. The van der Waals surface area contributed by atoms with Gasteiger partial charge in [-0.15, -0.1) is 0 Å². The number of aromatic nitrogens is 2. The molecule has 1 aromatic heterocycles. The number of para-hydroxylation sites is 3. The summed E-state index contributed by atoms with van der Waals surface area (Å²) in [5.41, 5.74) is 2.59. The molecule has 1 amide bonds. The van der Waals surface area contributed by atoms with E-state index in [0.29, 0.717) is 35.9 Å². The van der Waals surface area contributed by atoms with E-state index < -0.39 is 0 Å². The van der Waals surface area contributed by atoms with Gasteiger partial charge in [-0.05, 0) is 61.4 Å². The maximum absolute atomic E-state index is 12.6. The van der Waals surface area contributed by atoms with Gasteiger partial charge in [-0.25, -0.2) is 4.98 Å². The van der Waals surface area contributed by atoms with Crippen LogP contribution in [-0.2, 0) is 13.0 Å². The van der Waals surface area contributed by atoms with Crippen LogP contribution in [0.15, 0.2) is 72.8 Å². The number of hydrogen-bond acceptors (Lipinski definition) is 4. The molecule has 3 aromatic carbocycles. The van der Waals surface area contributed by atoms with E-state index in [1.165, 1.54) is 0 Å². The van der Waals surface area contributed by atoms with Crippen LogP contribution in [0.5, 0.6) is 11.5 Å². The number of fused-ring (bicyclic) bond motifs is 1. The number of aryl methyl sites for hydroxylation is 1. The smallest absolute Gasteiger partial charge is 0.255 e. The molecule has 34 heavy (non-hydrogen) atoms. The van der Waals surface area contributed by atoms with Crippen LogP contribution in [0.3, 0.4) is 0 Å². The largest absolute Gasteiger partial charge is 0.496 e. The summed E-state index contributed by atoms with van der Waals surface area (Å²) in [4.78, 5) is 17.4. The van der Waals surface area contributed by atoms with Crippen LogP contribution < -0.4 is 14.8 Å². The topological polar surface area (TPSA) is 65.4 Å². The third-order valence-corrected chi connectivity index (χ3v) is 5.83. The highest BCUT2D eigenvalue weighted by Crippen LogP contribution is 2.19. The number of carbonyl (C=O) groups excluding carboxylic acids is 1. The highest BCUT2D eigenvalue weighted by atomic mass is 35.5. The Kier molecular flexibility index (Phi) is 8.04. The summed E-state index contributed by atoms with van der Waals surface area (Å²) < 4.78 is 13.3. The molecule has 0 fully saturated rings. The molecule has 176 valence electrons. The molecule has 0 spiro atoms. The minimum Gasteiger partial charge on any atom is -0.496 e. The SMILES string of the molecule is COc1ccccc1C(=O)NCCc1nc2ccccc2n1CCCCOc1ccc(Cl)cc1. The van der Waals surface area contributed by atoms with E-state index in [2.05, 4.69) is 16.0 Å². The number of carbonyl (C=O) groups is 1. The number of ether oxygens (including phenoxy) is 2. The summed E-state index contributed by atoms with van der Waals surface area (Å²) in [5.74, 6) is 2.19. The van der Waals surface area contributed by atoms with Crippen molar-refractivity contribution in [3.63, 3.8) is 0 Å². The molecule has 7 heteroatoms. The normalized spacial score (nSPS) is 10.9. The van der Waals surface area contributed by atoms with E-state index >= 15 is 0 Å². The first-order valence-electron chi connectivity index (χ1n) is 11.4. The van der Waals surface area contributed by atoms with Gasteiger partial charge in [-0.2, -0.15) is 0 Å². The fraction of sp³-hybridized carbons (Fsp3) is 0.259. The van der Waals surface area contributed by atoms with Gasteiger partial charge in [0.1, 0.15) is 17.3 Å². The van der Waals surface area contributed by atoms with Crippen molar-refractivity contribution in [3.05, 3.63) is 89.2 Å². The van der Waals surface area contributed by atoms with Gasteiger partial charge in [-0.1, -0.05) is 35.9 Å². The van der Waals surface area contributed by atoms with E-state index in [0.717, 1.165) is 42.0 Å². The molecule has 4 aromatic rings. The van der Waals surface area contributed by atoms with Crippen LogP contribution in [0.1, 0.15) is 29.0 Å². The zero-order chi connectivity index (χ0) is 23.8. The summed E-state index contributed by atoms with van der Waals surface area (Å²) in [6.45, 7) is 1.96. The molecule has 0 aliphatic rings. The molecule has 0 unspecified atom stereocenters. The van der Waals surface area contributed by atoms with Crippen LogP contribution in [0.4, 0.5) is 0 Å². The van der Waals surface area contributed by atoms with E-state index in [4.69, 9.17) is 26.1 Å². The highest BCUT2D eigenvalue weighted by molar-refractivity contribution is 6.30. The number of unbranched alkanes of at least 4 members (excludes halogenated alkanes) is 1. The van der Waals surface area contributed by atoms with Crippen LogP contribution in [-0.4, -0.2) is 35.7 Å². The van der Waals surface area contributed by atoms with Gasteiger partial charge >= 0.3 is 0 Å². The van der Waals surface area contributed by atoms with Crippen molar-refractivity contribution in [2.75, 3.05) is 20.3 Å². The second-order valence-electron chi connectivity index (χ2n) is 7.88. The molecule has 0 bridgehead atoms. The quantitative estimate of drug-likeness (QED) is 0.288. The Morgan fingerprint density at radius 1 is 1.00 bits per heavy atom. The molecular weight excluding hydrogens is 450 g/mol. The predicted octanol–water partition coefficient (Wildman–Crippen LogP) is 5.53. The molecule has 0 aliphatic heterocycles. The van der Waals surface area contributed by atoms with Crippen LogP contribution >= 0.6 is 11.6 Å². The van der Waals surface area contributed by atoms with Gasteiger partial charge in [0, 0.05) is 24.5 Å². The molecule has 1 heterocycles. The monoisotopic (exact) mass is 477 g/mol. The Morgan fingerprint density at radius 2 is 1.76 bits per heavy atom. The van der Waals surface area contributed by atoms with Gasteiger partial charge in [0.2, 0.25) is 0 Å². The molecule has 4 rings (SSSR count). The first-order valence-corrected chi connectivity index (χ1v) is 11.8. The number of hydrogen-bond donors (Lipinski definition) is 1. The van der Waals surface area contributed by atoms with Gasteiger partial charge in [0.25, 0.3) is 5.91 Å². The number of amides is 1. The van der Waals surface area contributed by atoms with Crippen LogP contribution in [0.2, 0.25) is 5.02 Å². The van der Waals surface area contributed by atoms with Crippen molar-refractivity contribution in [2.24, 2.45) is 0 Å². The fourth-order valence-corrected chi connectivity index (χ4v) is 4.00. The van der Waals surface area contributed by atoms with Gasteiger partial charge in [0.15, 0.2) is 0 Å². The Balaban J connectivity index is 1.34. The van der Waals surface area contributed by atoms with Crippen molar-refractivity contribution < 1.29 is 14.3 Å². The first-order chi connectivity index (χ1) is 16.7. The zero-order valence-corrected chi connectivity index (χ0v) is 19.9. The van der Waals surface area contributed by atoms with E-state index in [-0.39, 0.29) is 5.91 Å². The number of benzene rings is 3. The summed E-state index contributed by atoms with van der Waals surface area (Å²) in [7, 11) is 1.56. The maximum atomic E-state index is 12.6. The Hall–Kier alpha value is -3.51. The maximum Gasteiger partial charge on any atom is 0.255 e. The van der Waals surface area contributed by atoms with Crippen molar-refractivity contribution in [1.82, 2.24) is 14.9 Å². The Labute approximate surface area is 204 Å². The number of imidazole rings is 1.